The van der Waals surface area contributed by atoms with E-state index in [-0.39, 0.29) is 17.4 Å². The van der Waals surface area contributed by atoms with E-state index in [2.05, 4.69) is 92.9 Å². The lowest BCUT2D eigenvalue weighted by molar-refractivity contribution is 0.664. The summed E-state index contributed by atoms with van der Waals surface area (Å²) in [5.41, 5.74) is 10.8. The Morgan fingerprint density at radius 2 is 1.27 bits per heavy atom. The second kappa shape index (κ2) is 10.7. The summed E-state index contributed by atoms with van der Waals surface area (Å²) in [6.45, 7) is 6.42. The van der Waals surface area contributed by atoms with Crippen molar-refractivity contribution >= 4 is 54.9 Å². The number of aryl methyl sites for hydroxylation is 1. The molecule has 0 aliphatic heterocycles. The third kappa shape index (κ3) is 4.25. The van der Waals surface area contributed by atoms with Crippen molar-refractivity contribution in [2.45, 2.75) is 46.4 Å². The largest absolute Gasteiger partial charge is 0.456 e. The lowest BCUT2D eigenvalue weighted by Gasteiger charge is -2.24. The number of hydrogen-bond donors (Lipinski definition) is 0. The molecule has 0 bridgehead atoms. The maximum Gasteiger partial charge on any atom is 0.149 e. The zero-order valence-electron chi connectivity index (χ0n) is 30.3. The molecule has 0 aliphatic rings. The van der Waals surface area contributed by atoms with Crippen molar-refractivity contribution < 1.29 is 12.9 Å². The summed E-state index contributed by atoms with van der Waals surface area (Å²) in [7, 11) is 0. The van der Waals surface area contributed by atoms with E-state index < -0.39 is 6.85 Å². The third-order valence-corrected chi connectivity index (χ3v) is 9.66. The van der Waals surface area contributed by atoms with Gasteiger partial charge in [0.15, 0.2) is 0 Å². The minimum atomic E-state index is -2.36. The van der Waals surface area contributed by atoms with Crippen LogP contribution in [0.3, 0.4) is 0 Å². The van der Waals surface area contributed by atoms with E-state index in [1.165, 1.54) is 0 Å². The van der Waals surface area contributed by atoms with Gasteiger partial charge in [0.2, 0.25) is 0 Å². The van der Waals surface area contributed by atoms with Crippen LogP contribution in [0.2, 0.25) is 0 Å². The molecule has 0 aliphatic carbocycles. The van der Waals surface area contributed by atoms with Crippen LogP contribution < -0.4 is 0 Å². The molecule has 234 valence electrons. The van der Waals surface area contributed by atoms with Gasteiger partial charge in [-0.1, -0.05) is 100 Å². The van der Waals surface area contributed by atoms with E-state index in [4.69, 9.17) is 17.9 Å². The highest BCUT2D eigenvalue weighted by molar-refractivity contribution is 6.16. The van der Waals surface area contributed by atoms with Crippen LogP contribution >= 0.6 is 0 Å². The Hall–Kier alpha value is -5.61. The molecule has 0 saturated carbocycles. The van der Waals surface area contributed by atoms with Crippen molar-refractivity contribution in [2.24, 2.45) is 0 Å². The number of furan rings is 2. The van der Waals surface area contributed by atoms with Crippen LogP contribution in [-0.2, 0) is 0 Å². The van der Waals surface area contributed by atoms with Crippen molar-refractivity contribution in [1.29, 1.82) is 0 Å². The van der Waals surface area contributed by atoms with Gasteiger partial charge in [0.25, 0.3) is 0 Å². The summed E-state index contributed by atoms with van der Waals surface area (Å²) in [4.78, 5) is 5.26. The number of para-hydroxylation sites is 3. The van der Waals surface area contributed by atoms with Crippen molar-refractivity contribution in [1.82, 2.24) is 9.55 Å². The van der Waals surface area contributed by atoms with Gasteiger partial charge in [-0.2, -0.15) is 0 Å². The van der Waals surface area contributed by atoms with Gasteiger partial charge in [0.1, 0.15) is 28.2 Å². The van der Waals surface area contributed by atoms with Crippen molar-refractivity contribution in [2.75, 3.05) is 0 Å². The summed E-state index contributed by atoms with van der Waals surface area (Å²) in [6.07, 6.45) is 0. The Balaban J connectivity index is 1.40. The fourth-order valence-electron chi connectivity index (χ4n) is 7.33. The molecule has 9 aromatic rings. The van der Waals surface area contributed by atoms with E-state index in [9.17, 15) is 0 Å². The molecule has 4 heteroatoms. The zero-order valence-corrected chi connectivity index (χ0v) is 27.3. The maximum absolute atomic E-state index is 8.63. The number of benzene rings is 6. The normalized spacial score (nSPS) is 13.4. The first-order valence-corrected chi connectivity index (χ1v) is 16.6. The number of hydrogen-bond acceptors (Lipinski definition) is 3. The van der Waals surface area contributed by atoms with E-state index in [1.54, 1.807) is 12.1 Å². The first-order chi connectivity index (χ1) is 24.6. The average molecular weight is 628 g/mol. The summed E-state index contributed by atoms with van der Waals surface area (Å²) >= 11 is 0. The highest BCUT2D eigenvalue weighted by Crippen LogP contribution is 2.44. The van der Waals surface area contributed by atoms with E-state index in [1.807, 2.05) is 42.5 Å². The molecule has 0 spiro atoms. The van der Waals surface area contributed by atoms with Crippen molar-refractivity contribution in [3.05, 3.63) is 132 Å². The molecule has 0 saturated heterocycles. The van der Waals surface area contributed by atoms with Crippen molar-refractivity contribution in [3.8, 4) is 28.2 Å². The van der Waals surface area contributed by atoms with Gasteiger partial charge >= 0.3 is 0 Å². The number of nitrogens with zero attached hydrogens (tertiary/aromatic N) is 2. The molecule has 6 aromatic carbocycles. The summed E-state index contributed by atoms with van der Waals surface area (Å²) in [5.74, 6) is 0.883. The van der Waals surface area contributed by atoms with Gasteiger partial charge in [-0.05, 0) is 89.0 Å². The Kier molecular flexibility index (Phi) is 5.69. The van der Waals surface area contributed by atoms with Crippen LogP contribution in [0, 0.1) is 6.85 Å². The quantitative estimate of drug-likeness (QED) is 0.191. The van der Waals surface area contributed by atoms with E-state index in [0.29, 0.717) is 22.4 Å². The molecule has 0 unspecified atom stereocenters. The SMILES string of the molecule is [2H]C([2H])([2H])c1cccc2nc(-c3cccc4c3oc3cc5c(cc34)oc3ccccc35)n(-c3c(C(C)C)cc(-c4ccccc4)cc3C(C)C)c12. The van der Waals surface area contributed by atoms with Crippen LogP contribution in [0.15, 0.2) is 124 Å². The molecule has 0 amide bonds. The molecular formula is C44H36N2O2. The molecular weight excluding hydrogens is 588 g/mol. The lowest BCUT2D eigenvalue weighted by atomic mass is 9.88. The number of imidazole rings is 1. The van der Waals surface area contributed by atoms with Gasteiger partial charge in [0, 0.05) is 25.7 Å². The van der Waals surface area contributed by atoms with Gasteiger partial charge in [-0.25, -0.2) is 4.98 Å². The fourth-order valence-corrected chi connectivity index (χ4v) is 7.33. The van der Waals surface area contributed by atoms with Gasteiger partial charge < -0.3 is 8.83 Å². The summed E-state index contributed by atoms with van der Waals surface area (Å²) < 4.78 is 41.0. The fraction of sp³-hybridized carbons (Fsp3) is 0.159. The Morgan fingerprint density at radius 1 is 0.604 bits per heavy atom. The van der Waals surface area contributed by atoms with Gasteiger partial charge in [-0.3, -0.25) is 4.57 Å². The standard InChI is InChI=1S/C44H36N2O2/c1-25(2)33-21-29(28-14-7-6-8-15-28)22-34(26(3)4)42(33)46-41-27(5)13-11-19-37(41)45-44(46)32-18-12-17-31-36-24-39-35(23-40(36)48-43(31)32)30-16-9-10-20-38(30)47-39/h6-26H,1-5H3/i5D3. The first kappa shape index (κ1) is 25.5. The highest BCUT2D eigenvalue weighted by atomic mass is 16.3. The predicted molar refractivity (Wildman–Crippen MR) is 199 cm³/mol. The Labute approximate surface area is 283 Å². The zero-order chi connectivity index (χ0) is 35.2. The maximum atomic E-state index is 8.63. The van der Waals surface area contributed by atoms with Gasteiger partial charge in [0.05, 0.1) is 22.3 Å². The van der Waals surface area contributed by atoms with Crippen LogP contribution in [0.5, 0.6) is 0 Å². The molecule has 3 heterocycles. The van der Waals surface area contributed by atoms with Crippen LogP contribution in [0.1, 0.15) is 60.3 Å². The highest BCUT2D eigenvalue weighted by Gasteiger charge is 2.26. The number of rotatable bonds is 5. The smallest absolute Gasteiger partial charge is 0.149 e. The van der Waals surface area contributed by atoms with Crippen LogP contribution in [0.25, 0.3) is 83.1 Å². The molecule has 0 atom stereocenters. The molecule has 9 rings (SSSR count). The topological polar surface area (TPSA) is 44.1 Å². The summed E-state index contributed by atoms with van der Waals surface area (Å²) in [5, 5.41) is 3.92. The molecule has 3 aromatic heterocycles. The van der Waals surface area contributed by atoms with E-state index in [0.717, 1.165) is 71.8 Å². The monoisotopic (exact) mass is 627 g/mol. The Bertz CT molecular complexity index is 2770. The van der Waals surface area contributed by atoms with Crippen molar-refractivity contribution in [3.63, 3.8) is 0 Å². The van der Waals surface area contributed by atoms with Crippen LogP contribution in [-0.4, -0.2) is 9.55 Å². The first-order valence-electron chi connectivity index (χ1n) is 18.1. The third-order valence-electron chi connectivity index (χ3n) is 9.66. The average Bonchev–Trinajstić information content (AvgIpc) is 3.80. The molecule has 0 radical (unpaired) electrons. The molecule has 0 N–H and O–H groups in total. The number of fused-ring (bicyclic) bond motifs is 7. The molecule has 48 heavy (non-hydrogen) atoms. The second-order valence-electron chi connectivity index (χ2n) is 13.3. The minimum absolute atomic E-state index is 0.124. The Morgan fingerprint density at radius 3 is 2.02 bits per heavy atom. The molecule has 4 nitrogen and oxygen atoms in total. The summed E-state index contributed by atoms with van der Waals surface area (Å²) in [6, 6.07) is 38.6. The number of aromatic nitrogens is 2. The second-order valence-corrected chi connectivity index (χ2v) is 13.3. The van der Waals surface area contributed by atoms with E-state index >= 15 is 0 Å². The van der Waals surface area contributed by atoms with Gasteiger partial charge in [-0.15, -0.1) is 0 Å². The lowest BCUT2D eigenvalue weighted by Crippen LogP contribution is -2.10. The predicted octanol–water partition coefficient (Wildman–Crippen LogP) is 12.7. The molecule has 0 fully saturated rings. The van der Waals surface area contributed by atoms with Crippen LogP contribution in [0.4, 0.5) is 0 Å². The minimum Gasteiger partial charge on any atom is -0.456 e.